The zero-order valence-electron chi connectivity index (χ0n) is 8.55. The molecule has 0 bridgehead atoms. The minimum absolute atomic E-state index is 0.0918. The van der Waals surface area contributed by atoms with E-state index in [0.717, 1.165) is 19.4 Å². The van der Waals surface area contributed by atoms with Gasteiger partial charge >= 0.3 is 0 Å². The average molecular weight is 192 g/mol. The molecule has 1 heterocycles. The maximum Gasteiger partial charge on any atom is 0.0942 e. The molecule has 1 saturated heterocycles. The molecule has 1 N–H and O–H groups in total. The molecule has 1 aliphatic rings. The Morgan fingerprint density at radius 3 is 2.93 bits per heavy atom. The average Bonchev–Trinajstić information content (AvgIpc) is 2.20. The molecule has 2 nitrogen and oxygen atoms in total. The predicted molar refractivity (Wildman–Crippen MR) is 55.4 cm³/mol. The minimum atomic E-state index is -0.338. The number of ether oxygens (including phenoxy) is 1. The molecule has 0 aromatic carbocycles. The predicted octanol–water partition coefficient (Wildman–Crippen LogP) is 1.33. The van der Waals surface area contributed by atoms with Crippen LogP contribution in [-0.4, -0.2) is 23.9 Å². The lowest BCUT2D eigenvalue weighted by Gasteiger charge is -2.26. The Balaban J connectivity index is 2.26. The molecule has 1 rings (SSSR count). The Kier molecular flexibility index (Phi) is 5.15. The molecule has 76 valence electrons. The van der Waals surface area contributed by atoms with Crippen LogP contribution in [0, 0.1) is 23.7 Å². The first-order valence-corrected chi connectivity index (χ1v) is 4.99. The van der Waals surface area contributed by atoms with E-state index in [1.807, 2.05) is 0 Å². The van der Waals surface area contributed by atoms with Gasteiger partial charge in [-0.1, -0.05) is 17.8 Å². The summed E-state index contributed by atoms with van der Waals surface area (Å²) in [5.41, 5.74) is 0. The Hall–Kier alpha value is -0.960. The summed E-state index contributed by atoms with van der Waals surface area (Å²) < 4.78 is 5.41. The van der Waals surface area contributed by atoms with E-state index in [-0.39, 0.29) is 12.2 Å². The van der Waals surface area contributed by atoms with Gasteiger partial charge in [-0.05, 0) is 19.8 Å². The first-order chi connectivity index (χ1) is 6.84. The molecule has 2 unspecified atom stereocenters. The van der Waals surface area contributed by atoms with Crippen molar-refractivity contribution in [1.82, 2.24) is 0 Å². The van der Waals surface area contributed by atoms with Gasteiger partial charge in [0, 0.05) is 13.0 Å². The fraction of sp³-hybridized carbons (Fsp3) is 0.667. The van der Waals surface area contributed by atoms with Crippen molar-refractivity contribution in [1.29, 1.82) is 0 Å². The van der Waals surface area contributed by atoms with Gasteiger partial charge in [0.25, 0.3) is 0 Å². The second-order valence-corrected chi connectivity index (χ2v) is 3.28. The number of aliphatic hydroxyl groups excluding tert-OH is 1. The van der Waals surface area contributed by atoms with Gasteiger partial charge in [0.05, 0.1) is 18.6 Å². The highest BCUT2D eigenvalue weighted by Crippen LogP contribution is 2.15. The van der Waals surface area contributed by atoms with Gasteiger partial charge in [-0.3, -0.25) is 0 Å². The molecule has 2 heteroatoms. The Morgan fingerprint density at radius 1 is 1.36 bits per heavy atom. The van der Waals surface area contributed by atoms with E-state index in [0.29, 0.717) is 12.8 Å². The lowest BCUT2D eigenvalue weighted by atomic mass is 10.0. The lowest BCUT2D eigenvalue weighted by molar-refractivity contribution is -0.0703. The van der Waals surface area contributed by atoms with Crippen molar-refractivity contribution in [2.24, 2.45) is 0 Å². The van der Waals surface area contributed by atoms with Gasteiger partial charge in [-0.15, -0.1) is 5.92 Å². The van der Waals surface area contributed by atoms with Gasteiger partial charge in [-0.2, -0.15) is 0 Å². The van der Waals surface area contributed by atoms with E-state index in [1.165, 1.54) is 0 Å². The molecule has 0 spiro atoms. The van der Waals surface area contributed by atoms with Crippen LogP contribution in [0.25, 0.3) is 0 Å². The smallest absolute Gasteiger partial charge is 0.0942 e. The van der Waals surface area contributed by atoms with Crippen molar-refractivity contribution < 1.29 is 9.84 Å². The largest absolute Gasteiger partial charge is 0.390 e. The number of hydrogen-bond donors (Lipinski definition) is 1. The van der Waals surface area contributed by atoms with Crippen LogP contribution < -0.4 is 0 Å². The van der Waals surface area contributed by atoms with Crippen molar-refractivity contribution in [3.8, 4) is 23.7 Å². The summed E-state index contributed by atoms with van der Waals surface area (Å²) in [5.74, 6) is 11.6. The molecular weight excluding hydrogens is 176 g/mol. The third-order valence-electron chi connectivity index (χ3n) is 2.19. The summed E-state index contributed by atoms with van der Waals surface area (Å²) in [6.45, 7) is 2.55. The molecular formula is C12H16O2. The van der Waals surface area contributed by atoms with Gasteiger partial charge in [0.1, 0.15) is 0 Å². The molecule has 0 aromatic heterocycles. The van der Waals surface area contributed by atoms with Crippen LogP contribution in [0.1, 0.15) is 32.6 Å². The van der Waals surface area contributed by atoms with Crippen LogP contribution in [0.2, 0.25) is 0 Å². The zero-order valence-corrected chi connectivity index (χ0v) is 8.55. The van der Waals surface area contributed by atoms with E-state index in [9.17, 15) is 5.11 Å². The van der Waals surface area contributed by atoms with Gasteiger partial charge in [-0.25, -0.2) is 0 Å². The highest BCUT2D eigenvalue weighted by atomic mass is 16.5. The van der Waals surface area contributed by atoms with Crippen molar-refractivity contribution >= 4 is 0 Å². The van der Waals surface area contributed by atoms with E-state index < -0.39 is 0 Å². The summed E-state index contributed by atoms with van der Waals surface area (Å²) in [6.07, 6.45) is 2.58. The van der Waals surface area contributed by atoms with Crippen LogP contribution in [0.15, 0.2) is 0 Å². The zero-order chi connectivity index (χ0) is 10.2. The highest BCUT2D eigenvalue weighted by molar-refractivity contribution is 5.11. The maximum absolute atomic E-state index is 9.55. The van der Waals surface area contributed by atoms with Crippen molar-refractivity contribution in [3.63, 3.8) is 0 Å². The highest BCUT2D eigenvalue weighted by Gasteiger charge is 2.22. The molecule has 2 atom stereocenters. The van der Waals surface area contributed by atoms with Gasteiger partial charge in [0.15, 0.2) is 0 Å². The van der Waals surface area contributed by atoms with Gasteiger partial charge < -0.3 is 9.84 Å². The number of hydrogen-bond acceptors (Lipinski definition) is 2. The SMILES string of the molecule is CC#CCC#CCC1OCCCC1O. The fourth-order valence-electron chi connectivity index (χ4n) is 1.39. The molecule has 0 radical (unpaired) electrons. The summed E-state index contributed by atoms with van der Waals surface area (Å²) in [4.78, 5) is 0. The van der Waals surface area contributed by atoms with E-state index in [4.69, 9.17) is 4.74 Å². The molecule has 0 amide bonds. The van der Waals surface area contributed by atoms with Crippen molar-refractivity contribution in [2.75, 3.05) is 6.61 Å². The van der Waals surface area contributed by atoms with Crippen LogP contribution in [0.3, 0.4) is 0 Å². The Morgan fingerprint density at radius 2 is 2.21 bits per heavy atom. The van der Waals surface area contributed by atoms with E-state index in [1.54, 1.807) is 6.92 Å². The third-order valence-corrected chi connectivity index (χ3v) is 2.19. The molecule has 1 aliphatic heterocycles. The molecule has 1 fully saturated rings. The maximum atomic E-state index is 9.55. The summed E-state index contributed by atoms with van der Waals surface area (Å²) in [6, 6.07) is 0. The number of rotatable bonds is 1. The van der Waals surface area contributed by atoms with Gasteiger partial charge in [0.2, 0.25) is 0 Å². The summed E-state index contributed by atoms with van der Waals surface area (Å²) in [7, 11) is 0. The van der Waals surface area contributed by atoms with Crippen LogP contribution in [0.5, 0.6) is 0 Å². The fourth-order valence-corrected chi connectivity index (χ4v) is 1.39. The van der Waals surface area contributed by atoms with Crippen LogP contribution >= 0.6 is 0 Å². The molecule has 0 aliphatic carbocycles. The number of aliphatic hydroxyl groups is 1. The molecule has 0 saturated carbocycles. The first-order valence-electron chi connectivity index (χ1n) is 4.99. The summed E-state index contributed by atoms with van der Waals surface area (Å²) in [5, 5.41) is 9.55. The standard InChI is InChI=1S/C12H16O2/c1-2-3-4-5-6-9-12-11(13)8-7-10-14-12/h11-13H,4,7-10H2,1H3. The Bertz CT molecular complexity index is 274. The molecule has 0 aromatic rings. The third kappa shape index (κ3) is 3.83. The minimum Gasteiger partial charge on any atom is -0.390 e. The monoisotopic (exact) mass is 192 g/mol. The van der Waals surface area contributed by atoms with Crippen LogP contribution in [-0.2, 0) is 4.74 Å². The first kappa shape index (κ1) is 11.1. The summed E-state index contributed by atoms with van der Waals surface area (Å²) >= 11 is 0. The Labute approximate surface area is 85.7 Å². The topological polar surface area (TPSA) is 29.5 Å². The second kappa shape index (κ2) is 6.49. The molecule has 14 heavy (non-hydrogen) atoms. The normalized spacial score (nSPS) is 25.6. The van der Waals surface area contributed by atoms with Crippen molar-refractivity contribution in [3.05, 3.63) is 0 Å². The van der Waals surface area contributed by atoms with E-state index in [2.05, 4.69) is 23.7 Å². The lowest BCUT2D eigenvalue weighted by Crippen LogP contribution is -2.33. The second-order valence-electron chi connectivity index (χ2n) is 3.28. The van der Waals surface area contributed by atoms with E-state index >= 15 is 0 Å². The quantitative estimate of drug-likeness (QED) is 0.635. The van der Waals surface area contributed by atoms with Crippen molar-refractivity contribution in [2.45, 2.75) is 44.8 Å². The van der Waals surface area contributed by atoms with Crippen LogP contribution in [0.4, 0.5) is 0 Å².